The largest absolute Gasteiger partial charge is 0.489 e. The number of aryl methyl sites for hydroxylation is 2. The highest BCUT2D eigenvalue weighted by Crippen LogP contribution is 2.41. The van der Waals surface area contributed by atoms with Crippen molar-refractivity contribution in [2.45, 2.75) is 80.3 Å². The van der Waals surface area contributed by atoms with Crippen LogP contribution in [0.5, 0.6) is 11.5 Å². The normalized spacial score (nSPS) is 11.8. The summed E-state index contributed by atoms with van der Waals surface area (Å²) < 4.78 is 12.0. The molecule has 0 aliphatic rings. The summed E-state index contributed by atoms with van der Waals surface area (Å²) in [6, 6.07) is 20.4. The first-order chi connectivity index (χ1) is 17.9. The van der Waals surface area contributed by atoms with Crippen molar-refractivity contribution in [2.75, 3.05) is 6.61 Å². The van der Waals surface area contributed by atoms with Crippen LogP contribution in [0.15, 0.2) is 60.7 Å². The van der Waals surface area contributed by atoms with Gasteiger partial charge in [-0.2, -0.15) is 0 Å². The Kier molecular flexibility index (Phi) is 9.19. The van der Waals surface area contributed by atoms with E-state index in [1.807, 2.05) is 58.0 Å². The van der Waals surface area contributed by atoms with E-state index in [1.165, 1.54) is 11.1 Å². The molecule has 0 saturated heterocycles. The Morgan fingerprint density at radius 2 is 1.24 bits per heavy atom. The topological polar surface area (TPSA) is 52.6 Å². The maximum absolute atomic E-state index is 12.3. The predicted molar refractivity (Wildman–Crippen MR) is 154 cm³/mol. The molecule has 0 bridgehead atoms. The number of benzene rings is 3. The molecule has 0 aromatic heterocycles. The molecule has 0 heterocycles. The third-order valence-electron chi connectivity index (χ3n) is 7.61. The number of rotatable bonds is 11. The van der Waals surface area contributed by atoms with E-state index < -0.39 is 5.41 Å². The van der Waals surface area contributed by atoms with Gasteiger partial charge in [0.2, 0.25) is 0 Å². The molecule has 0 fully saturated rings. The van der Waals surface area contributed by atoms with Gasteiger partial charge in [-0.1, -0.05) is 83.1 Å². The van der Waals surface area contributed by atoms with Gasteiger partial charge in [-0.3, -0.25) is 9.59 Å². The van der Waals surface area contributed by atoms with Gasteiger partial charge in [0.25, 0.3) is 0 Å². The van der Waals surface area contributed by atoms with Crippen molar-refractivity contribution in [3.63, 3.8) is 0 Å². The van der Waals surface area contributed by atoms with E-state index >= 15 is 0 Å². The fourth-order valence-corrected chi connectivity index (χ4v) is 4.81. The summed E-state index contributed by atoms with van der Waals surface area (Å²) in [4.78, 5) is 23.8. The molecule has 0 spiro atoms. The zero-order valence-corrected chi connectivity index (χ0v) is 24.2. The minimum Gasteiger partial charge on any atom is -0.489 e. The second kappa shape index (κ2) is 12.0. The van der Waals surface area contributed by atoms with Gasteiger partial charge in [-0.15, -0.1) is 0 Å². The Balaban J connectivity index is 1.81. The van der Waals surface area contributed by atoms with Gasteiger partial charge < -0.3 is 9.47 Å². The molecule has 3 rings (SSSR count). The standard InChI is InChI=1S/C34H42O4/c1-9-34(10-2,29-16-18-31(24(4)20-29)38-22-32(36)33(6,7)8)28-15-17-30(23(3)19-28)37-21-26-11-13-27(14-12-26)25(5)35/h11-20H,9-10,21-22H2,1-8H3. The molecule has 0 amide bonds. The molecule has 4 heteroatoms. The number of carbonyl (C=O) groups is 2. The Hall–Kier alpha value is -3.40. The Morgan fingerprint density at radius 1 is 0.737 bits per heavy atom. The van der Waals surface area contributed by atoms with Crippen LogP contribution in [0.3, 0.4) is 0 Å². The lowest BCUT2D eigenvalue weighted by molar-refractivity contribution is -0.128. The second-order valence-corrected chi connectivity index (χ2v) is 11.3. The average Bonchev–Trinajstić information content (AvgIpc) is 2.88. The molecule has 4 nitrogen and oxygen atoms in total. The number of hydrogen-bond donors (Lipinski definition) is 0. The van der Waals surface area contributed by atoms with Crippen LogP contribution in [0.25, 0.3) is 0 Å². The third-order valence-corrected chi connectivity index (χ3v) is 7.61. The number of carbonyl (C=O) groups excluding carboxylic acids is 2. The summed E-state index contributed by atoms with van der Waals surface area (Å²) in [7, 11) is 0. The zero-order valence-electron chi connectivity index (χ0n) is 24.2. The smallest absolute Gasteiger partial charge is 0.175 e. The van der Waals surface area contributed by atoms with Crippen molar-refractivity contribution in [2.24, 2.45) is 5.41 Å². The fraction of sp³-hybridized carbons (Fsp3) is 0.412. The van der Waals surface area contributed by atoms with E-state index in [4.69, 9.17) is 9.47 Å². The van der Waals surface area contributed by atoms with E-state index in [-0.39, 0.29) is 23.6 Å². The highest BCUT2D eigenvalue weighted by molar-refractivity contribution is 5.94. The molecular weight excluding hydrogens is 472 g/mol. The van der Waals surface area contributed by atoms with Crippen molar-refractivity contribution in [1.29, 1.82) is 0 Å². The lowest BCUT2D eigenvalue weighted by Crippen LogP contribution is -2.27. The summed E-state index contributed by atoms with van der Waals surface area (Å²) in [6.45, 7) is 16.4. The monoisotopic (exact) mass is 514 g/mol. The number of hydrogen-bond acceptors (Lipinski definition) is 4. The van der Waals surface area contributed by atoms with Gasteiger partial charge in [0, 0.05) is 16.4 Å². The molecule has 3 aromatic carbocycles. The van der Waals surface area contributed by atoms with E-state index in [2.05, 4.69) is 51.1 Å². The summed E-state index contributed by atoms with van der Waals surface area (Å²) in [5.74, 6) is 1.76. The maximum atomic E-state index is 12.3. The first-order valence-corrected chi connectivity index (χ1v) is 13.5. The van der Waals surface area contributed by atoms with Crippen LogP contribution in [-0.2, 0) is 16.8 Å². The van der Waals surface area contributed by atoms with Crippen LogP contribution in [-0.4, -0.2) is 18.2 Å². The highest BCUT2D eigenvalue weighted by Gasteiger charge is 2.32. The van der Waals surface area contributed by atoms with Gasteiger partial charge in [0.05, 0.1) is 0 Å². The van der Waals surface area contributed by atoms with Crippen molar-refractivity contribution < 1.29 is 19.1 Å². The van der Waals surface area contributed by atoms with Crippen LogP contribution >= 0.6 is 0 Å². The lowest BCUT2D eigenvalue weighted by Gasteiger charge is -2.34. The van der Waals surface area contributed by atoms with Crippen LogP contribution in [0.4, 0.5) is 0 Å². The van der Waals surface area contributed by atoms with Crippen molar-refractivity contribution in [3.8, 4) is 11.5 Å². The van der Waals surface area contributed by atoms with Crippen LogP contribution < -0.4 is 9.47 Å². The summed E-state index contributed by atoms with van der Waals surface area (Å²) in [6.07, 6.45) is 1.90. The summed E-state index contributed by atoms with van der Waals surface area (Å²) >= 11 is 0. The number of ether oxygens (including phenoxy) is 2. The minimum absolute atomic E-state index is 0.0622. The van der Waals surface area contributed by atoms with Crippen molar-refractivity contribution in [3.05, 3.63) is 94.0 Å². The Labute approximate surface area is 228 Å². The molecule has 0 unspecified atom stereocenters. The highest BCUT2D eigenvalue weighted by atomic mass is 16.5. The van der Waals surface area contributed by atoms with Crippen LogP contribution in [0.1, 0.15) is 92.6 Å². The summed E-state index contributed by atoms with van der Waals surface area (Å²) in [5, 5.41) is 0. The quantitative estimate of drug-likeness (QED) is 0.242. The average molecular weight is 515 g/mol. The lowest BCUT2D eigenvalue weighted by atomic mass is 9.70. The maximum Gasteiger partial charge on any atom is 0.175 e. The Bertz CT molecular complexity index is 1270. The van der Waals surface area contributed by atoms with E-state index in [9.17, 15) is 9.59 Å². The number of Topliss-reactive ketones (excluding diaryl/α,β-unsaturated/α-hetero) is 2. The summed E-state index contributed by atoms with van der Waals surface area (Å²) in [5.41, 5.74) is 5.80. The van der Waals surface area contributed by atoms with E-state index in [0.717, 1.165) is 41.0 Å². The molecular formula is C34H42O4. The molecule has 0 atom stereocenters. The zero-order chi connectivity index (χ0) is 28.1. The number of ketones is 2. The molecule has 0 N–H and O–H groups in total. The second-order valence-electron chi connectivity index (χ2n) is 11.3. The molecule has 3 aromatic rings. The predicted octanol–water partition coefficient (Wildman–Crippen LogP) is 8.19. The van der Waals surface area contributed by atoms with E-state index in [0.29, 0.717) is 12.2 Å². The molecule has 202 valence electrons. The van der Waals surface area contributed by atoms with Crippen molar-refractivity contribution in [1.82, 2.24) is 0 Å². The molecule has 0 aliphatic carbocycles. The SMILES string of the molecule is CCC(CC)(c1ccc(OCC(=O)C(C)(C)C)c(C)c1)c1ccc(OCc2ccc(C(C)=O)cc2)c(C)c1. The minimum atomic E-state index is -0.415. The van der Waals surface area contributed by atoms with Crippen LogP contribution in [0.2, 0.25) is 0 Å². The van der Waals surface area contributed by atoms with Gasteiger partial charge in [0.15, 0.2) is 11.6 Å². The molecule has 0 aliphatic heterocycles. The Morgan fingerprint density at radius 3 is 1.66 bits per heavy atom. The molecule has 0 saturated carbocycles. The van der Waals surface area contributed by atoms with Crippen LogP contribution in [0, 0.1) is 19.3 Å². The van der Waals surface area contributed by atoms with E-state index in [1.54, 1.807) is 6.92 Å². The molecule has 38 heavy (non-hydrogen) atoms. The first-order valence-electron chi connectivity index (χ1n) is 13.5. The van der Waals surface area contributed by atoms with Gasteiger partial charge in [0.1, 0.15) is 24.7 Å². The fourth-order valence-electron chi connectivity index (χ4n) is 4.81. The van der Waals surface area contributed by atoms with Gasteiger partial charge in [-0.05, 0) is 73.6 Å². The third kappa shape index (κ3) is 6.53. The van der Waals surface area contributed by atoms with Gasteiger partial charge >= 0.3 is 0 Å². The van der Waals surface area contributed by atoms with Crippen molar-refractivity contribution >= 4 is 11.6 Å². The van der Waals surface area contributed by atoms with Gasteiger partial charge in [-0.25, -0.2) is 0 Å². The molecule has 0 radical (unpaired) electrons. The first kappa shape index (κ1) is 29.2.